The van der Waals surface area contributed by atoms with Crippen LogP contribution >= 0.6 is 11.8 Å². The zero-order valence-corrected chi connectivity index (χ0v) is 29.9. The van der Waals surface area contributed by atoms with Crippen molar-refractivity contribution < 1.29 is 38.7 Å². The van der Waals surface area contributed by atoms with E-state index in [4.69, 9.17) is 17.2 Å². The molecule has 5 atom stereocenters. The smallest absolute Gasteiger partial charge is 0.243 e. The van der Waals surface area contributed by atoms with Crippen LogP contribution in [-0.4, -0.2) is 94.1 Å². The lowest BCUT2D eigenvalue weighted by Crippen LogP contribution is -2.58. The van der Waals surface area contributed by atoms with E-state index in [2.05, 4.69) is 31.6 Å². The average Bonchev–Trinajstić information content (AvgIpc) is 3.01. The number of guanidine groups is 1. The Morgan fingerprint density at radius 1 is 0.760 bits per heavy atom. The molecule has 0 radical (unpaired) electrons. The molecular formula is C32H51N9O8S. The number of hydrogen-bond acceptors (Lipinski definition) is 10. The fourth-order valence-electron chi connectivity index (χ4n) is 4.50. The second-order valence-corrected chi connectivity index (χ2v) is 13.3. The van der Waals surface area contributed by atoms with Gasteiger partial charge in [-0.3, -0.25) is 38.6 Å². The number of rotatable bonds is 21. The highest BCUT2D eigenvalue weighted by Crippen LogP contribution is 2.13. The van der Waals surface area contributed by atoms with Gasteiger partial charge in [-0.25, -0.2) is 0 Å². The molecule has 0 aliphatic rings. The third-order valence-corrected chi connectivity index (χ3v) is 8.09. The molecule has 50 heavy (non-hydrogen) atoms. The Kier molecular flexibility index (Phi) is 19.0. The minimum atomic E-state index is -1.22. The number of aromatic hydroxyl groups is 1. The maximum Gasteiger partial charge on any atom is 0.243 e. The molecule has 0 heterocycles. The van der Waals surface area contributed by atoms with Gasteiger partial charge >= 0.3 is 0 Å². The van der Waals surface area contributed by atoms with Gasteiger partial charge in [-0.1, -0.05) is 37.7 Å². The second kappa shape index (κ2) is 22.0. The maximum absolute atomic E-state index is 13.8. The quantitative estimate of drug-likeness (QED) is 0.0406. The van der Waals surface area contributed by atoms with Gasteiger partial charge in [0.05, 0.1) is 6.04 Å². The van der Waals surface area contributed by atoms with Gasteiger partial charge in [-0.05, 0) is 56.7 Å². The van der Waals surface area contributed by atoms with Crippen molar-refractivity contribution in [3.8, 4) is 5.75 Å². The van der Waals surface area contributed by atoms with Gasteiger partial charge < -0.3 is 48.9 Å². The summed E-state index contributed by atoms with van der Waals surface area (Å²) in [6.07, 6.45) is 0.545. The first-order valence-electron chi connectivity index (χ1n) is 16.2. The molecule has 1 aromatic rings. The van der Waals surface area contributed by atoms with Crippen LogP contribution in [0, 0.1) is 5.92 Å². The zero-order valence-electron chi connectivity index (χ0n) is 29.1. The van der Waals surface area contributed by atoms with Crippen molar-refractivity contribution >= 4 is 58.3 Å². The van der Waals surface area contributed by atoms with Gasteiger partial charge in [0.15, 0.2) is 5.96 Å². The van der Waals surface area contributed by atoms with Crippen molar-refractivity contribution in [3.05, 3.63) is 29.8 Å². The first kappa shape index (κ1) is 43.2. The monoisotopic (exact) mass is 721 g/mol. The van der Waals surface area contributed by atoms with Gasteiger partial charge in [0, 0.05) is 32.1 Å². The van der Waals surface area contributed by atoms with E-state index < -0.39 is 70.8 Å². The van der Waals surface area contributed by atoms with E-state index in [0.29, 0.717) is 12.0 Å². The molecule has 18 heteroatoms. The highest BCUT2D eigenvalue weighted by atomic mass is 32.2. The average molecular weight is 722 g/mol. The normalized spacial score (nSPS) is 13.8. The molecular weight excluding hydrogens is 670 g/mol. The Morgan fingerprint density at radius 2 is 1.32 bits per heavy atom. The number of phenolic OH excluding ortho intramolecular Hbond substituents is 1. The number of carbonyl (C=O) groups is 7. The van der Waals surface area contributed by atoms with Gasteiger partial charge in [0.25, 0.3) is 0 Å². The van der Waals surface area contributed by atoms with E-state index in [1.54, 1.807) is 12.1 Å². The predicted octanol–water partition coefficient (Wildman–Crippen LogP) is -1.35. The molecule has 1 aromatic carbocycles. The van der Waals surface area contributed by atoms with Gasteiger partial charge in [-0.2, -0.15) is 0 Å². The van der Waals surface area contributed by atoms with E-state index in [-0.39, 0.29) is 55.6 Å². The van der Waals surface area contributed by atoms with Crippen molar-refractivity contribution in [2.75, 3.05) is 12.3 Å². The fourth-order valence-corrected chi connectivity index (χ4v) is 5.31. The van der Waals surface area contributed by atoms with Crippen LogP contribution in [0.2, 0.25) is 0 Å². The van der Waals surface area contributed by atoms with Gasteiger partial charge in [0.2, 0.25) is 40.6 Å². The Hall–Kier alpha value is -4.87. The van der Waals surface area contributed by atoms with E-state index in [1.165, 1.54) is 32.9 Å². The van der Waals surface area contributed by atoms with Crippen molar-refractivity contribution in [2.45, 2.75) is 96.9 Å². The highest BCUT2D eigenvalue weighted by molar-refractivity contribution is 8.13. The molecule has 0 saturated heterocycles. The first-order chi connectivity index (χ1) is 23.4. The summed E-state index contributed by atoms with van der Waals surface area (Å²) in [5, 5.41) is 22.3. The molecule has 6 amide bonds. The number of phenols is 1. The van der Waals surface area contributed by atoms with E-state index in [9.17, 15) is 38.7 Å². The van der Waals surface area contributed by atoms with Crippen LogP contribution in [0.4, 0.5) is 0 Å². The SMILES string of the molecule is CC(=O)N[C@@H](CC(C)C)C(=O)N[C@@H](Cc1ccc(O)cc1)C(=O)N[C@@H](CCCN=C(N)N)C(=O)N[C@@H](C)C(=O)N[C@@H](C)C(=O)SCCC(N)=O. The number of hydrogen-bond donors (Lipinski definition) is 9. The van der Waals surface area contributed by atoms with Crippen LogP contribution in [0.5, 0.6) is 5.75 Å². The standard InChI is InChI=1S/C32H51N9O8S/c1-17(2)15-24(39-20(5)42)29(47)41-25(16-21-8-10-22(43)11-9-21)30(48)40-23(7-6-13-36-32(34)35)28(46)37-18(3)27(45)38-19(4)31(49)50-14-12-26(33)44/h8-11,17-19,23-25,43H,6-7,12-16H2,1-5H3,(H2,33,44)(H,37,46)(H,38,45)(H,39,42)(H,40,48)(H,41,47)(H4,34,35,36)/t18-,19-,23-,24-,25-/m0/s1. The summed E-state index contributed by atoms with van der Waals surface area (Å²) in [6.45, 7) is 8.01. The van der Waals surface area contributed by atoms with Crippen LogP contribution < -0.4 is 43.8 Å². The Labute approximate surface area is 296 Å². The molecule has 0 fully saturated rings. The van der Waals surface area contributed by atoms with Crippen LogP contribution in [0.15, 0.2) is 29.3 Å². The molecule has 0 bridgehead atoms. The molecule has 0 saturated carbocycles. The Bertz CT molecular complexity index is 1370. The largest absolute Gasteiger partial charge is 0.508 e. The molecule has 0 aromatic heterocycles. The summed E-state index contributed by atoms with van der Waals surface area (Å²) in [7, 11) is 0. The second-order valence-electron chi connectivity index (χ2n) is 12.2. The highest BCUT2D eigenvalue weighted by Gasteiger charge is 2.31. The summed E-state index contributed by atoms with van der Waals surface area (Å²) in [5.41, 5.74) is 16.5. The topological polar surface area (TPSA) is 290 Å². The molecule has 1 rings (SSSR count). The summed E-state index contributed by atoms with van der Waals surface area (Å²) in [5.74, 6) is -3.72. The van der Waals surface area contributed by atoms with E-state index in [1.807, 2.05) is 13.8 Å². The summed E-state index contributed by atoms with van der Waals surface area (Å²) >= 11 is 0.840. The lowest BCUT2D eigenvalue weighted by Gasteiger charge is -2.26. The number of primary amides is 1. The number of thioether (sulfide) groups is 1. The molecule has 0 aliphatic heterocycles. The van der Waals surface area contributed by atoms with Crippen LogP contribution in [0.25, 0.3) is 0 Å². The number of nitrogens with one attached hydrogen (secondary N) is 5. The van der Waals surface area contributed by atoms with E-state index in [0.717, 1.165) is 11.8 Å². The zero-order chi connectivity index (χ0) is 38.0. The molecule has 17 nitrogen and oxygen atoms in total. The summed E-state index contributed by atoms with van der Waals surface area (Å²) < 4.78 is 0. The number of nitrogens with zero attached hydrogens (tertiary/aromatic N) is 1. The maximum atomic E-state index is 13.8. The number of nitrogens with two attached hydrogens (primary N) is 3. The Morgan fingerprint density at radius 3 is 1.88 bits per heavy atom. The molecule has 12 N–H and O–H groups in total. The number of amides is 6. The third kappa shape index (κ3) is 17.5. The van der Waals surface area contributed by atoms with Crippen LogP contribution in [-0.2, 0) is 40.0 Å². The third-order valence-electron chi connectivity index (χ3n) is 7.05. The summed E-state index contributed by atoms with van der Waals surface area (Å²) in [4.78, 5) is 92.5. The number of aliphatic imine (C=N–C) groups is 1. The van der Waals surface area contributed by atoms with Gasteiger partial charge in [0.1, 0.15) is 29.9 Å². The number of carbonyl (C=O) groups excluding carboxylic acids is 7. The molecule has 0 unspecified atom stereocenters. The van der Waals surface area contributed by atoms with Gasteiger partial charge in [-0.15, -0.1) is 0 Å². The van der Waals surface area contributed by atoms with Crippen molar-refractivity contribution in [3.63, 3.8) is 0 Å². The van der Waals surface area contributed by atoms with E-state index >= 15 is 0 Å². The molecule has 0 spiro atoms. The molecule has 278 valence electrons. The molecule has 0 aliphatic carbocycles. The summed E-state index contributed by atoms with van der Waals surface area (Å²) in [6, 6.07) is 0.558. The van der Waals surface area contributed by atoms with Crippen LogP contribution in [0.3, 0.4) is 0 Å². The van der Waals surface area contributed by atoms with Crippen LogP contribution in [0.1, 0.15) is 65.9 Å². The van der Waals surface area contributed by atoms with Crippen molar-refractivity contribution in [2.24, 2.45) is 28.1 Å². The lowest BCUT2D eigenvalue weighted by atomic mass is 10.0. The lowest BCUT2D eigenvalue weighted by molar-refractivity contribution is -0.134. The number of benzene rings is 1. The predicted molar refractivity (Wildman–Crippen MR) is 189 cm³/mol. The minimum absolute atomic E-state index is 0.00212. The minimum Gasteiger partial charge on any atom is -0.508 e. The Balaban J connectivity index is 3.20. The van der Waals surface area contributed by atoms with Crippen molar-refractivity contribution in [1.82, 2.24) is 26.6 Å². The fraction of sp³-hybridized carbons (Fsp3) is 0.562. The first-order valence-corrected chi connectivity index (χ1v) is 17.1. The van der Waals surface area contributed by atoms with Crippen molar-refractivity contribution in [1.29, 1.82) is 0 Å².